The molecule has 3 aliphatic heterocycles. The van der Waals surface area contributed by atoms with Gasteiger partial charge in [-0.25, -0.2) is 9.78 Å². The predicted molar refractivity (Wildman–Crippen MR) is 101 cm³/mol. The summed E-state index contributed by atoms with van der Waals surface area (Å²) in [6, 6.07) is 5.55. The molecule has 1 unspecified atom stereocenters. The van der Waals surface area contributed by atoms with Gasteiger partial charge in [-0.1, -0.05) is 0 Å². The van der Waals surface area contributed by atoms with Crippen molar-refractivity contribution < 1.29 is 24.1 Å². The number of carbonyl (C=O) groups is 1. The number of aliphatic hydroxyl groups excluding tert-OH is 1. The number of ether oxygens (including phenoxy) is 3. The fourth-order valence-corrected chi connectivity index (χ4v) is 4.37. The van der Waals surface area contributed by atoms with Gasteiger partial charge in [0.2, 0.25) is 0 Å². The third-order valence-electron chi connectivity index (χ3n) is 5.84. The first kappa shape index (κ1) is 16.6. The summed E-state index contributed by atoms with van der Waals surface area (Å²) in [6.07, 6.45) is -1.46. The minimum Gasteiger partial charge on any atom is -0.486 e. The van der Waals surface area contributed by atoms with Crippen LogP contribution in [-0.4, -0.2) is 33.8 Å². The van der Waals surface area contributed by atoms with Crippen molar-refractivity contribution in [3.8, 4) is 22.9 Å². The summed E-state index contributed by atoms with van der Waals surface area (Å²) in [5, 5.41) is 11.1. The molecule has 0 saturated carbocycles. The van der Waals surface area contributed by atoms with Gasteiger partial charge >= 0.3 is 5.97 Å². The summed E-state index contributed by atoms with van der Waals surface area (Å²) in [4.78, 5) is 29.5. The molecule has 6 rings (SSSR count). The molecule has 3 aliphatic rings. The van der Waals surface area contributed by atoms with E-state index in [2.05, 4.69) is 0 Å². The van der Waals surface area contributed by atoms with Crippen LogP contribution in [0.3, 0.4) is 0 Å². The molecule has 5 heterocycles. The highest BCUT2D eigenvalue weighted by Gasteiger charge is 2.34. The van der Waals surface area contributed by atoms with E-state index in [0.717, 1.165) is 27.8 Å². The third kappa shape index (κ3) is 2.14. The third-order valence-corrected chi connectivity index (χ3v) is 5.84. The maximum Gasteiger partial charge on any atom is 0.340 e. The van der Waals surface area contributed by atoms with Crippen LogP contribution in [0.25, 0.3) is 22.3 Å². The van der Waals surface area contributed by atoms with Gasteiger partial charge in [0.25, 0.3) is 5.56 Å². The molecule has 0 saturated heterocycles. The summed E-state index contributed by atoms with van der Waals surface area (Å²) in [6.45, 7) is 3.21. The monoisotopic (exact) mass is 392 g/mol. The van der Waals surface area contributed by atoms with Crippen LogP contribution < -0.4 is 15.0 Å². The molecule has 1 aromatic carbocycles. The Morgan fingerprint density at radius 1 is 1.14 bits per heavy atom. The highest BCUT2D eigenvalue weighted by molar-refractivity contribution is 5.90. The van der Waals surface area contributed by atoms with E-state index >= 15 is 0 Å². The molecular formula is C21H16N2O6. The van der Waals surface area contributed by atoms with E-state index in [4.69, 9.17) is 19.2 Å². The maximum atomic E-state index is 13.0. The lowest BCUT2D eigenvalue weighted by Crippen LogP contribution is -2.32. The number of esters is 1. The molecule has 3 aromatic rings. The zero-order valence-electron chi connectivity index (χ0n) is 15.5. The van der Waals surface area contributed by atoms with E-state index in [1.54, 1.807) is 10.6 Å². The minimum absolute atomic E-state index is 0.128. The smallest absolute Gasteiger partial charge is 0.340 e. The van der Waals surface area contributed by atoms with Crippen LogP contribution in [0, 0.1) is 6.92 Å². The number of fused-ring (bicyclic) bond motifs is 6. The van der Waals surface area contributed by atoms with Crippen molar-refractivity contribution in [1.29, 1.82) is 0 Å². The molecule has 8 heteroatoms. The number of rotatable bonds is 0. The lowest BCUT2D eigenvalue weighted by Gasteiger charge is -2.22. The number of aromatic nitrogens is 2. The zero-order chi connectivity index (χ0) is 19.9. The molecule has 0 spiro atoms. The molecule has 29 heavy (non-hydrogen) atoms. The Morgan fingerprint density at radius 2 is 1.97 bits per heavy atom. The van der Waals surface area contributed by atoms with Crippen LogP contribution in [0.2, 0.25) is 0 Å². The number of benzene rings is 1. The number of aliphatic hydroxyl groups is 1. The van der Waals surface area contributed by atoms with Gasteiger partial charge in [0, 0.05) is 28.1 Å². The zero-order valence-corrected chi connectivity index (χ0v) is 15.5. The van der Waals surface area contributed by atoms with Gasteiger partial charge in [-0.05, 0) is 19.1 Å². The highest BCUT2D eigenvalue weighted by Crippen LogP contribution is 2.41. The number of aryl methyl sites for hydroxylation is 1. The SMILES string of the molecule is Cc1c2c(cc3nc4c(cc13)Cn1c-4cc3c(c1=O)COC(=O)C3O)OCCO2. The number of hydrogen-bond acceptors (Lipinski definition) is 7. The first-order valence-electron chi connectivity index (χ1n) is 9.37. The van der Waals surface area contributed by atoms with Crippen molar-refractivity contribution in [1.82, 2.24) is 9.55 Å². The van der Waals surface area contributed by atoms with Crippen molar-refractivity contribution in [2.24, 2.45) is 0 Å². The molecule has 0 bridgehead atoms. The van der Waals surface area contributed by atoms with E-state index in [0.29, 0.717) is 48.0 Å². The van der Waals surface area contributed by atoms with E-state index in [-0.39, 0.29) is 12.2 Å². The van der Waals surface area contributed by atoms with Crippen molar-refractivity contribution in [2.75, 3.05) is 13.2 Å². The van der Waals surface area contributed by atoms with E-state index in [1.165, 1.54) is 0 Å². The van der Waals surface area contributed by atoms with Crippen molar-refractivity contribution in [3.63, 3.8) is 0 Å². The molecule has 0 aliphatic carbocycles. The highest BCUT2D eigenvalue weighted by atomic mass is 16.6. The quantitative estimate of drug-likeness (QED) is 0.454. The molecule has 0 radical (unpaired) electrons. The van der Waals surface area contributed by atoms with Gasteiger partial charge in [-0.2, -0.15) is 0 Å². The van der Waals surface area contributed by atoms with Gasteiger partial charge in [-0.3, -0.25) is 4.79 Å². The second-order valence-corrected chi connectivity index (χ2v) is 7.45. The summed E-state index contributed by atoms with van der Waals surface area (Å²) in [5.74, 6) is 0.645. The van der Waals surface area contributed by atoms with Gasteiger partial charge in [0.05, 0.1) is 29.0 Å². The number of hydrogen-bond donors (Lipinski definition) is 1. The maximum absolute atomic E-state index is 13.0. The van der Waals surface area contributed by atoms with Crippen molar-refractivity contribution in [3.05, 3.63) is 50.8 Å². The van der Waals surface area contributed by atoms with Gasteiger partial charge in [-0.15, -0.1) is 0 Å². The van der Waals surface area contributed by atoms with Crippen LogP contribution >= 0.6 is 0 Å². The van der Waals surface area contributed by atoms with Crippen molar-refractivity contribution >= 4 is 16.9 Å². The topological polar surface area (TPSA) is 99.9 Å². The molecule has 8 nitrogen and oxygen atoms in total. The fourth-order valence-electron chi connectivity index (χ4n) is 4.37. The van der Waals surface area contributed by atoms with Crippen LogP contribution in [0.5, 0.6) is 11.5 Å². The lowest BCUT2D eigenvalue weighted by atomic mass is 10.00. The summed E-state index contributed by atoms with van der Waals surface area (Å²) < 4.78 is 18.0. The molecular weight excluding hydrogens is 376 g/mol. The molecule has 2 aromatic heterocycles. The van der Waals surface area contributed by atoms with Gasteiger partial charge < -0.3 is 23.9 Å². The van der Waals surface area contributed by atoms with Crippen molar-refractivity contribution in [2.45, 2.75) is 26.2 Å². The summed E-state index contributed by atoms with van der Waals surface area (Å²) in [5.41, 5.74) is 4.18. The van der Waals surface area contributed by atoms with E-state index in [1.807, 2.05) is 19.1 Å². The van der Waals surface area contributed by atoms with E-state index in [9.17, 15) is 14.7 Å². The average Bonchev–Trinajstić information content (AvgIpc) is 3.08. The van der Waals surface area contributed by atoms with Crippen LogP contribution in [0.15, 0.2) is 23.0 Å². The Bertz CT molecular complexity index is 1310. The number of nitrogens with zero attached hydrogens (tertiary/aromatic N) is 2. The Kier molecular flexibility index (Phi) is 3.18. The molecule has 0 amide bonds. The average molecular weight is 392 g/mol. The minimum atomic E-state index is -1.46. The second-order valence-electron chi connectivity index (χ2n) is 7.45. The van der Waals surface area contributed by atoms with Gasteiger partial charge in [0.1, 0.15) is 19.8 Å². The largest absolute Gasteiger partial charge is 0.486 e. The van der Waals surface area contributed by atoms with Gasteiger partial charge in [0.15, 0.2) is 17.6 Å². The van der Waals surface area contributed by atoms with Crippen LogP contribution in [0.1, 0.15) is 28.4 Å². The predicted octanol–water partition coefficient (Wildman–Crippen LogP) is 1.60. The number of cyclic esters (lactones) is 1. The Hall–Kier alpha value is -3.39. The van der Waals surface area contributed by atoms with Crippen LogP contribution in [0.4, 0.5) is 0 Å². The summed E-state index contributed by atoms with van der Waals surface area (Å²) >= 11 is 0. The Morgan fingerprint density at radius 3 is 2.83 bits per heavy atom. The molecule has 1 atom stereocenters. The standard InChI is InChI=1S/C21H16N2O6/c1-9-11-4-10-7-23-15(5-12-13(20(23)25)8-29-21(26)18(12)24)17(10)22-14(11)6-16-19(9)28-3-2-27-16/h4-6,18,24H,2-3,7-8H2,1H3. The second kappa shape index (κ2) is 5.57. The first-order valence-corrected chi connectivity index (χ1v) is 9.37. The molecule has 1 N–H and O–H groups in total. The Balaban J connectivity index is 1.60. The first-order chi connectivity index (χ1) is 14.0. The fraction of sp³-hybridized carbons (Fsp3) is 0.286. The number of carbonyl (C=O) groups excluding carboxylic acids is 1. The lowest BCUT2D eigenvalue weighted by molar-refractivity contribution is -0.157. The molecule has 0 fully saturated rings. The number of pyridine rings is 2. The van der Waals surface area contributed by atoms with Crippen LogP contribution in [-0.2, 0) is 22.7 Å². The molecule has 146 valence electrons. The normalized spacial score (nSPS) is 18.8. The summed E-state index contributed by atoms with van der Waals surface area (Å²) in [7, 11) is 0. The Labute approximate surface area is 164 Å². The van der Waals surface area contributed by atoms with E-state index < -0.39 is 12.1 Å².